The standard InChI is InChI=1S/C15H22N2O4/c1-3-4-9-21-10-8-16-15(20)17-12-7-5-6-11(2)13(12)14(18)19/h5-7H,3-4,8-10H2,1-2H3,(H,18,19)(H2,16,17,20). The summed E-state index contributed by atoms with van der Waals surface area (Å²) in [6.07, 6.45) is 2.07. The van der Waals surface area contributed by atoms with Crippen molar-refractivity contribution in [2.45, 2.75) is 26.7 Å². The summed E-state index contributed by atoms with van der Waals surface area (Å²) in [4.78, 5) is 22.9. The van der Waals surface area contributed by atoms with Gasteiger partial charge in [0, 0.05) is 13.2 Å². The van der Waals surface area contributed by atoms with Crippen LogP contribution < -0.4 is 10.6 Å². The number of nitrogens with one attached hydrogen (secondary N) is 2. The zero-order chi connectivity index (χ0) is 15.7. The highest BCUT2D eigenvalue weighted by molar-refractivity contribution is 6.01. The molecule has 0 spiro atoms. The monoisotopic (exact) mass is 294 g/mol. The molecule has 2 amide bonds. The van der Waals surface area contributed by atoms with Gasteiger partial charge in [0.1, 0.15) is 0 Å². The number of aromatic carboxylic acids is 1. The first-order valence-electron chi connectivity index (χ1n) is 7.01. The molecule has 0 aromatic heterocycles. The Bertz CT molecular complexity index is 489. The number of carboxylic acid groups (broad SMARTS) is 1. The normalized spacial score (nSPS) is 10.2. The van der Waals surface area contributed by atoms with E-state index in [1.54, 1.807) is 25.1 Å². The molecule has 0 radical (unpaired) electrons. The molecule has 0 bridgehead atoms. The van der Waals surface area contributed by atoms with Crippen molar-refractivity contribution in [3.63, 3.8) is 0 Å². The lowest BCUT2D eigenvalue weighted by molar-refractivity contribution is 0.0697. The predicted octanol–water partition coefficient (Wildman–Crippen LogP) is 2.63. The van der Waals surface area contributed by atoms with E-state index in [0.717, 1.165) is 12.8 Å². The van der Waals surface area contributed by atoms with E-state index in [-0.39, 0.29) is 11.3 Å². The Balaban J connectivity index is 2.45. The molecule has 21 heavy (non-hydrogen) atoms. The summed E-state index contributed by atoms with van der Waals surface area (Å²) in [6, 6.07) is 4.51. The largest absolute Gasteiger partial charge is 0.478 e. The van der Waals surface area contributed by atoms with Crippen LogP contribution in [0.2, 0.25) is 0 Å². The third kappa shape index (κ3) is 5.83. The van der Waals surface area contributed by atoms with Crippen molar-refractivity contribution in [3.05, 3.63) is 29.3 Å². The Morgan fingerprint density at radius 2 is 2.05 bits per heavy atom. The number of urea groups is 1. The average Bonchev–Trinajstić information content (AvgIpc) is 2.42. The lowest BCUT2D eigenvalue weighted by Gasteiger charge is -2.11. The van der Waals surface area contributed by atoms with E-state index >= 15 is 0 Å². The van der Waals surface area contributed by atoms with Crippen LogP contribution in [0.15, 0.2) is 18.2 Å². The van der Waals surface area contributed by atoms with Gasteiger partial charge in [0.05, 0.1) is 17.9 Å². The second-order valence-electron chi connectivity index (χ2n) is 4.65. The summed E-state index contributed by atoms with van der Waals surface area (Å²) in [5, 5.41) is 14.3. The van der Waals surface area contributed by atoms with Crippen molar-refractivity contribution in [1.82, 2.24) is 5.32 Å². The topological polar surface area (TPSA) is 87.7 Å². The summed E-state index contributed by atoms with van der Waals surface area (Å²) in [5.41, 5.74) is 0.988. The number of benzene rings is 1. The molecule has 0 aliphatic heterocycles. The number of carbonyl (C=O) groups is 2. The zero-order valence-corrected chi connectivity index (χ0v) is 12.4. The fourth-order valence-corrected chi connectivity index (χ4v) is 1.81. The van der Waals surface area contributed by atoms with E-state index in [9.17, 15) is 9.59 Å². The minimum atomic E-state index is -1.06. The van der Waals surface area contributed by atoms with Gasteiger partial charge < -0.3 is 20.5 Å². The number of ether oxygens (including phenoxy) is 1. The first-order chi connectivity index (χ1) is 10.1. The fraction of sp³-hybridized carbons (Fsp3) is 0.467. The lowest BCUT2D eigenvalue weighted by Crippen LogP contribution is -2.32. The summed E-state index contributed by atoms with van der Waals surface area (Å²) < 4.78 is 5.32. The maximum atomic E-state index is 11.7. The number of carbonyl (C=O) groups excluding carboxylic acids is 1. The number of hydrogen-bond donors (Lipinski definition) is 3. The quantitative estimate of drug-likeness (QED) is 0.643. The van der Waals surface area contributed by atoms with Gasteiger partial charge in [0.25, 0.3) is 0 Å². The van der Waals surface area contributed by atoms with Crippen LogP contribution >= 0.6 is 0 Å². The SMILES string of the molecule is CCCCOCCNC(=O)Nc1cccc(C)c1C(=O)O. The first kappa shape index (κ1) is 17.0. The van der Waals surface area contributed by atoms with Crippen molar-refractivity contribution in [2.24, 2.45) is 0 Å². The number of carboxylic acids is 1. The molecule has 1 rings (SSSR count). The Hall–Kier alpha value is -2.08. The smallest absolute Gasteiger partial charge is 0.338 e. The van der Waals surface area contributed by atoms with Crippen molar-refractivity contribution < 1.29 is 19.4 Å². The molecule has 0 unspecified atom stereocenters. The van der Waals surface area contributed by atoms with Gasteiger partial charge >= 0.3 is 12.0 Å². The highest BCUT2D eigenvalue weighted by atomic mass is 16.5. The van der Waals surface area contributed by atoms with Crippen LogP contribution in [0, 0.1) is 6.92 Å². The molecule has 0 fully saturated rings. The summed E-state index contributed by atoms with van der Waals surface area (Å²) in [5.74, 6) is -1.06. The van der Waals surface area contributed by atoms with Crippen LogP contribution in [0.3, 0.4) is 0 Å². The van der Waals surface area contributed by atoms with Gasteiger partial charge in [-0.3, -0.25) is 0 Å². The Morgan fingerprint density at radius 1 is 1.29 bits per heavy atom. The zero-order valence-electron chi connectivity index (χ0n) is 12.4. The molecule has 6 nitrogen and oxygen atoms in total. The molecule has 3 N–H and O–H groups in total. The van der Waals surface area contributed by atoms with Crippen LogP contribution in [-0.2, 0) is 4.74 Å². The second kappa shape index (κ2) is 8.97. The van der Waals surface area contributed by atoms with E-state index in [1.807, 2.05) is 0 Å². The molecule has 0 aliphatic rings. The second-order valence-corrected chi connectivity index (χ2v) is 4.65. The molecule has 6 heteroatoms. The molecule has 0 atom stereocenters. The minimum absolute atomic E-state index is 0.104. The van der Waals surface area contributed by atoms with Gasteiger partial charge in [-0.05, 0) is 25.0 Å². The number of rotatable bonds is 8. The van der Waals surface area contributed by atoms with Gasteiger partial charge in [-0.2, -0.15) is 0 Å². The number of hydrogen-bond acceptors (Lipinski definition) is 3. The molecule has 116 valence electrons. The van der Waals surface area contributed by atoms with E-state index < -0.39 is 12.0 Å². The summed E-state index contributed by atoms with van der Waals surface area (Å²) >= 11 is 0. The van der Waals surface area contributed by atoms with Gasteiger partial charge in [0.15, 0.2) is 0 Å². The van der Waals surface area contributed by atoms with E-state index in [2.05, 4.69) is 17.6 Å². The molecule has 0 saturated heterocycles. The predicted molar refractivity (Wildman–Crippen MR) is 80.9 cm³/mol. The van der Waals surface area contributed by atoms with Crippen LogP contribution in [0.4, 0.5) is 10.5 Å². The lowest BCUT2D eigenvalue weighted by atomic mass is 10.1. The van der Waals surface area contributed by atoms with Crippen molar-refractivity contribution >= 4 is 17.7 Å². The van der Waals surface area contributed by atoms with E-state index in [0.29, 0.717) is 25.3 Å². The number of aryl methyl sites for hydroxylation is 1. The fourth-order valence-electron chi connectivity index (χ4n) is 1.81. The molecule has 1 aromatic carbocycles. The maximum Gasteiger partial charge on any atom is 0.338 e. The van der Waals surface area contributed by atoms with Gasteiger partial charge in [-0.25, -0.2) is 9.59 Å². The number of anilines is 1. The van der Waals surface area contributed by atoms with Crippen LogP contribution in [0.25, 0.3) is 0 Å². The molecule has 1 aromatic rings. The number of amides is 2. The van der Waals surface area contributed by atoms with Gasteiger partial charge in [-0.1, -0.05) is 25.5 Å². The molecular weight excluding hydrogens is 272 g/mol. The summed E-state index contributed by atoms with van der Waals surface area (Å²) in [7, 11) is 0. The highest BCUT2D eigenvalue weighted by Crippen LogP contribution is 2.19. The summed E-state index contributed by atoms with van der Waals surface area (Å²) in [6.45, 7) is 5.27. The van der Waals surface area contributed by atoms with Crippen molar-refractivity contribution in [3.8, 4) is 0 Å². The Kier molecular flexibility index (Phi) is 7.25. The van der Waals surface area contributed by atoms with Gasteiger partial charge in [-0.15, -0.1) is 0 Å². The number of unbranched alkanes of at least 4 members (excludes halogenated alkanes) is 1. The molecule has 0 saturated carbocycles. The van der Waals surface area contributed by atoms with E-state index in [4.69, 9.17) is 9.84 Å². The minimum Gasteiger partial charge on any atom is -0.478 e. The van der Waals surface area contributed by atoms with Crippen LogP contribution in [0.5, 0.6) is 0 Å². The maximum absolute atomic E-state index is 11.7. The first-order valence-corrected chi connectivity index (χ1v) is 7.01. The average molecular weight is 294 g/mol. The Morgan fingerprint density at radius 3 is 2.71 bits per heavy atom. The highest BCUT2D eigenvalue weighted by Gasteiger charge is 2.14. The molecular formula is C15H22N2O4. The third-order valence-electron chi connectivity index (χ3n) is 2.91. The van der Waals surface area contributed by atoms with Crippen molar-refractivity contribution in [2.75, 3.05) is 25.1 Å². The van der Waals surface area contributed by atoms with Gasteiger partial charge in [0.2, 0.25) is 0 Å². The van der Waals surface area contributed by atoms with Crippen LogP contribution in [0.1, 0.15) is 35.7 Å². The van der Waals surface area contributed by atoms with Crippen LogP contribution in [-0.4, -0.2) is 36.9 Å². The Labute approximate surface area is 124 Å². The van der Waals surface area contributed by atoms with Crippen molar-refractivity contribution in [1.29, 1.82) is 0 Å². The van der Waals surface area contributed by atoms with E-state index in [1.165, 1.54) is 0 Å². The molecule has 0 aliphatic carbocycles. The molecule has 0 heterocycles. The third-order valence-corrected chi connectivity index (χ3v) is 2.91.